The van der Waals surface area contributed by atoms with Gasteiger partial charge in [-0.25, -0.2) is 4.98 Å². The number of aryl methyl sites for hydroxylation is 1. The fourth-order valence-electron chi connectivity index (χ4n) is 1.10. The SMILES string of the molecule is CCCc1nsc(NCCOC(C)C)n1. The highest BCUT2D eigenvalue weighted by molar-refractivity contribution is 7.09. The van der Waals surface area contributed by atoms with E-state index in [1.54, 1.807) is 0 Å². The molecule has 1 aromatic heterocycles. The van der Waals surface area contributed by atoms with Crippen LogP contribution in [0.4, 0.5) is 5.13 Å². The standard InChI is InChI=1S/C10H19N3OS/c1-4-5-9-12-10(15-13-9)11-6-7-14-8(2)3/h8H,4-7H2,1-3H3,(H,11,12,13). The van der Waals surface area contributed by atoms with Crippen LogP contribution in [0.5, 0.6) is 0 Å². The predicted octanol–water partition coefficient (Wildman–Crippen LogP) is 2.33. The van der Waals surface area contributed by atoms with Crippen LogP contribution in [0, 0.1) is 0 Å². The molecule has 0 aromatic carbocycles. The monoisotopic (exact) mass is 229 g/mol. The van der Waals surface area contributed by atoms with Gasteiger partial charge in [0, 0.05) is 24.5 Å². The first kappa shape index (κ1) is 12.4. The van der Waals surface area contributed by atoms with Crippen molar-refractivity contribution in [1.29, 1.82) is 0 Å². The van der Waals surface area contributed by atoms with Crippen LogP contribution in [-0.2, 0) is 11.2 Å². The largest absolute Gasteiger partial charge is 0.377 e. The lowest BCUT2D eigenvalue weighted by molar-refractivity contribution is 0.0870. The number of ether oxygens (including phenoxy) is 1. The second kappa shape index (κ2) is 6.74. The Kier molecular flexibility index (Phi) is 5.57. The maximum atomic E-state index is 5.41. The van der Waals surface area contributed by atoms with Crippen molar-refractivity contribution in [2.45, 2.75) is 39.7 Å². The van der Waals surface area contributed by atoms with E-state index >= 15 is 0 Å². The van der Waals surface area contributed by atoms with E-state index in [9.17, 15) is 0 Å². The molecule has 1 rings (SSSR count). The first-order valence-electron chi connectivity index (χ1n) is 5.40. The smallest absolute Gasteiger partial charge is 0.202 e. The molecule has 4 nitrogen and oxygen atoms in total. The van der Waals surface area contributed by atoms with Crippen molar-refractivity contribution < 1.29 is 4.74 Å². The van der Waals surface area contributed by atoms with Gasteiger partial charge < -0.3 is 10.1 Å². The molecule has 1 heterocycles. The summed E-state index contributed by atoms with van der Waals surface area (Å²) in [5, 5.41) is 4.09. The van der Waals surface area contributed by atoms with Crippen LogP contribution in [-0.4, -0.2) is 28.6 Å². The lowest BCUT2D eigenvalue weighted by Gasteiger charge is -2.06. The van der Waals surface area contributed by atoms with Gasteiger partial charge in [0.1, 0.15) is 5.82 Å². The molecule has 5 heteroatoms. The van der Waals surface area contributed by atoms with E-state index in [4.69, 9.17) is 4.74 Å². The molecule has 0 aliphatic heterocycles. The van der Waals surface area contributed by atoms with Crippen molar-refractivity contribution in [3.8, 4) is 0 Å². The summed E-state index contributed by atoms with van der Waals surface area (Å²) in [6.07, 6.45) is 2.34. The van der Waals surface area contributed by atoms with Crippen LogP contribution < -0.4 is 5.32 Å². The summed E-state index contributed by atoms with van der Waals surface area (Å²) in [5.41, 5.74) is 0. The Balaban J connectivity index is 2.19. The second-order valence-corrected chi connectivity index (χ2v) is 4.36. The van der Waals surface area contributed by atoms with E-state index in [0.717, 1.165) is 30.3 Å². The number of nitrogens with one attached hydrogen (secondary N) is 1. The van der Waals surface area contributed by atoms with Crippen molar-refractivity contribution in [2.24, 2.45) is 0 Å². The topological polar surface area (TPSA) is 47.0 Å². The lowest BCUT2D eigenvalue weighted by Crippen LogP contribution is -2.13. The van der Waals surface area contributed by atoms with Gasteiger partial charge in [-0.2, -0.15) is 4.37 Å². The van der Waals surface area contributed by atoms with Crippen LogP contribution >= 0.6 is 11.5 Å². The van der Waals surface area contributed by atoms with Crippen LogP contribution in [0.1, 0.15) is 33.0 Å². The molecular weight excluding hydrogens is 210 g/mol. The molecular formula is C10H19N3OS. The number of anilines is 1. The molecule has 1 N–H and O–H groups in total. The minimum absolute atomic E-state index is 0.289. The van der Waals surface area contributed by atoms with Gasteiger partial charge in [-0.15, -0.1) is 0 Å². The summed E-state index contributed by atoms with van der Waals surface area (Å²) < 4.78 is 9.66. The summed E-state index contributed by atoms with van der Waals surface area (Å²) in [6.45, 7) is 7.69. The van der Waals surface area contributed by atoms with Crippen molar-refractivity contribution >= 4 is 16.7 Å². The third-order valence-electron chi connectivity index (χ3n) is 1.77. The first-order valence-corrected chi connectivity index (χ1v) is 6.17. The lowest BCUT2D eigenvalue weighted by atomic mass is 10.3. The van der Waals surface area contributed by atoms with Gasteiger partial charge in [-0.1, -0.05) is 6.92 Å². The molecule has 1 aromatic rings. The van der Waals surface area contributed by atoms with Crippen molar-refractivity contribution in [3.05, 3.63) is 5.82 Å². The molecule has 0 spiro atoms. The summed E-state index contributed by atoms with van der Waals surface area (Å²) in [5.74, 6) is 0.940. The van der Waals surface area contributed by atoms with E-state index in [1.165, 1.54) is 11.5 Å². The van der Waals surface area contributed by atoms with Crippen LogP contribution in [0.25, 0.3) is 0 Å². The Morgan fingerprint density at radius 1 is 1.47 bits per heavy atom. The summed E-state index contributed by atoms with van der Waals surface area (Å²) >= 11 is 1.42. The zero-order chi connectivity index (χ0) is 11.1. The molecule has 0 saturated heterocycles. The number of rotatable bonds is 7. The normalized spacial score (nSPS) is 10.9. The van der Waals surface area contributed by atoms with Crippen LogP contribution in [0.3, 0.4) is 0 Å². The minimum Gasteiger partial charge on any atom is -0.377 e. The highest BCUT2D eigenvalue weighted by Gasteiger charge is 2.02. The van der Waals surface area contributed by atoms with Gasteiger partial charge in [-0.05, 0) is 20.3 Å². The quantitative estimate of drug-likeness (QED) is 0.729. The average molecular weight is 229 g/mol. The van der Waals surface area contributed by atoms with Gasteiger partial charge in [0.2, 0.25) is 5.13 Å². The van der Waals surface area contributed by atoms with E-state index in [-0.39, 0.29) is 6.10 Å². The van der Waals surface area contributed by atoms with Gasteiger partial charge in [-0.3, -0.25) is 0 Å². The average Bonchev–Trinajstić information content (AvgIpc) is 2.61. The Bertz CT molecular complexity index is 275. The molecule has 0 saturated carbocycles. The molecule has 0 aliphatic rings. The van der Waals surface area contributed by atoms with E-state index in [1.807, 2.05) is 13.8 Å². The molecule has 0 unspecified atom stereocenters. The van der Waals surface area contributed by atoms with E-state index in [2.05, 4.69) is 21.6 Å². The van der Waals surface area contributed by atoms with Crippen molar-refractivity contribution in [2.75, 3.05) is 18.5 Å². The highest BCUT2D eigenvalue weighted by Crippen LogP contribution is 2.11. The third kappa shape index (κ3) is 5.09. The van der Waals surface area contributed by atoms with Gasteiger partial charge in [0.15, 0.2) is 0 Å². The number of hydrogen-bond acceptors (Lipinski definition) is 5. The molecule has 15 heavy (non-hydrogen) atoms. The Morgan fingerprint density at radius 3 is 2.93 bits per heavy atom. The molecule has 0 fully saturated rings. The fraction of sp³-hybridized carbons (Fsp3) is 0.800. The van der Waals surface area contributed by atoms with E-state index in [0.29, 0.717) is 6.61 Å². The zero-order valence-corrected chi connectivity index (χ0v) is 10.4. The summed E-state index contributed by atoms with van der Waals surface area (Å²) in [6, 6.07) is 0. The maximum Gasteiger partial charge on any atom is 0.202 e. The van der Waals surface area contributed by atoms with Crippen LogP contribution in [0.2, 0.25) is 0 Å². The molecule has 86 valence electrons. The molecule has 0 atom stereocenters. The number of aromatic nitrogens is 2. The first-order chi connectivity index (χ1) is 7.22. The van der Waals surface area contributed by atoms with Gasteiger partial charge >= 0.3 is 0 Å². The summed E-state index contributed by atoms with van der Waals surface area (Å²) in [4.78, 5) is 4.36. The molecule has 0 radical (unpaired) electrons. The maximum absolute atomic E-state index is 5.41. The van der Waals surface area contributed by atoms with Crippen molar-refractivity contribution in [1.82, 2.24) is 9.36 Å². The van der Waals surface area contributed by atoms with Gasteiger partial charge in [0.05, 0.1) is 12.7 Å². The highest BCUT2D eigenvalue weighted by atomic mass is 32.1. The number of nitrogens with zero attached hydrogens (tertiary/aromatic N) is 2. The predicted molar refractivity (Wildman–Crippen MR) is 63.5 cm³/mol. The molecule has 0 amide bonds. The number of hydrogen-bond donors (Lipinski definition) is 1. The third-order valence-corrected chi connectivity index (χ3v) is 2.48. The van der Waals surface area contributed by atoms with Crippen LogP contribution in [0.15, 0.2) is 0 Å². The fourth-order valence-corrected chi connectivity index (χ4v) is 1.74. The zero-order valence-electron chi connectivity index (χ0n) is 9.62. The Hall–Kier alpha value is -0.680. The molecule has 0 aliphatic carbocycles. The second-order valence-electron chi connectivity index (χ2n) is 3.61. The van der Waals surface area contributed by atoms with Crippen molar-refractivity contribution in [3.63, 3.8) is 0 Å². The Morgan fingerprint density at radius 2 is 2.27 bits per heavy atom. The minimum atomic E-state index is 0.289. The Labute approximate surface area is 95.2 Å². The summed E-state index contributed by atoms with van der Waals surface area (Å²) in [7, 11) is 0. The molecule has 0 bridgehead atoms. The van der Waals surface area contributed by atoms with E-state index < -0.39 is 0 Å². The van der Waals surface area contributed by atoms with Gasteiger partial charge in [0.25, 0.3) is 0 Å².